The van der Waals surface area contributed by atoms with Gasteiger partial charge in [0, 0.05) is 6.20 Å². The van der Waals surface area contributed by atoms with Crippen molar-refractivity contribution in [2.45, 2.75) is 45.6 Å². The highest BCUT2D eigenvalue weighted by atomic mass is 16.5. The molecule has 0 spiro atoms. The van der Waals surface area contributed by atoms with E-state index in [-0.39, 0.29) is 6.04 Å². The molecule has 106 valence electrons. The number of nitrogens with one attached hydrogen (secondary N) is 1. The summed E-state index contributed by atoms with van der Waals surface area (Å²) in [6.07, 6.45) is 8.73. The molecule has 4 nitrogen and oxygen atoms in total. The molecule has 1 aromatic rings. The molecule has 3 atom stereocenters. The van der Waals surface area contributed by atoms with E-state index in [0.717, 1.165) is 17.2 Å². The molecule has 1 saturated carbocycles. The van der Waals surface area contributed by atoms with Crippen LogP contribution in [-0.2, 0) is 0 Å². The van der Waals surface area contributed by atoms with E-state index in [4.69, 9.17) is 10.6 Å². The second kappa shape index (κ2) is 6.87. The Kier molecular flexibility index (Phi) is 5.16. The molecule has 0 bridgehead atoms. The number of nitrogens with zero attached hydrogens (tertiary/aromatic N) is 1. The third kappa shape index (κ3) is 3.45. The summed E-state index contributed by atoms with van der Waals surface area (Å²) in [4.78, 5) is 4.26. The van der Waals surface area contributed by atoms with Gasteiger partial charge in [-0.25, -0.2) is 0 Å². The Hall–Kier alpha value is -1.13. The van der Waals surface area contributed by atoms with Gasteiger partial charge in [0.25, 0.3) is 0 Å². The molecule has 3 unspecified atom stereocenters. The van der Waals surface area contributed by atoms with Crippen molar-refractivity contribution in [1.29, 1.82) is 0 Å². The monoisotopic (exact) mass is 263 g/mol. The molecule has 0 radical (unpaired) electrons. The summed E-state index contributed by atoms with van der Waals surface area (Å²) in [6.45, 7) is 4.91. The van der Waals surface area contributed by atoms with Gasteiger partial charge in [-0.2, -0.15) is 0 Å². The molecule has 1 heterocycles. The Morgan fingerprint density at radius 1 is 1.42 bits per heavy atom. The first-order valence-corrected chi connectivity index (χ1v) is 7.32. The van der Waals surface area contributed by atoms with Gasteiger partial charge >= 0.3 is 0 Å². The van der Waals surface area contributed by atoms with E-state index in [1.807, 2.05) is 13.1 Å². The van der Waals surface area contributed by atoms with Crippen LogP contribution in [0.1, 0.15) is 51.1 Å². The maximum atomic E-state index is 5.78. The van der Waals surface area contributed by atoms with E-state index in [1.165, 1.54) is 25.7 Å². The first-order chi connectivity index (χ1) is 9.28. The van der Waals surface area contributed by atoms with Crippen LogP contribution in [0.4, 0.5) is 0 Å². The summed E-state index contributed by atoms with van der Waals surface area (Å²) in [5.41, 5.74) is 4.11. The molecule has 1 aliphatic carbocycles. The largest absolute Gasteiger partial charge is 0.492 e. The highest BCUT2D eigenvalue weighted by Gasteiger charge is 2.30. The fraction of sp³-hybridized carbons (Fsp3) is 0.667. The first kappa shape index (κ1) is 14.3. The van der Waals surface area contributed by atoms with Gasteiger partial charge < -0.3 is 4.74 Å². The van der Waals surface area contributed by atoms with Crippen LogP contribution in [0, 0.1) is 11.8 Å². The van der Waals surface area contributed by atoms with Crippen LogP contribution in [0.2, 0.25) is 0 Å². The van der Waals surface area contributed by atoms with E-state index < -0.39 is 0 Å². The van der Waals surface area contributed by atoms with Gasteiger partial charge in [0.05, 0.1) is 18.8 Å². The Bertz CT molecular complexity index is 397. The van der Waals surface area contributed by atoms with Gasteiger partial charge in [-0.1, -0.05) is 19.8 Å². The van der Waals surface area contributed by atoms with Crippen molar-refractivity contribution in [2.24, 2.45) is 17.7 Å². The number of rotatable bonds is 6. The zero-order valence-electron chi connectivity index (χ0n) is 11.9. The maximum Gasteiger partial charge on any atom is 0.137 e. The molecule has 1 aliphatic rings. The number of pyridine rings is 1. The van der Waals surface area contributed by atoms with E-state index in [1.54, 1.807) is 6.20 Å². The number of ether oxygens (including phenoxy) is 1. The van der Waals surface area contributed by atoms with E-state index in [0.29, 0.717) is 12.5 Å². The minimum absolute atomic E-state index is 0.185. The molecule has 0 saturated heterocycles. The van der Waals surface area contributed by atoms with Gasteiger partial charge in [0.15, 0.2) is 0 Å². The van der Waals surface area contributed by atoms with Crippen LogP contribution in [0.15, 0.2) is 18.5 Å². The number of hydrazine groups is 1. The lowest BCUT2D eigenvalue weighted by molar-refractivity contribution is 0.332. The average Bonchev–Trinajstić information content (AvgIpc) is 2.89. The van der Waals surface area contributed by atoms with Crippen LogP contribution in [-0.4, -0.2) is 11.6 Å². The second-order valence-corrected chi connectivity index (χ2v) is 5.38. The van der Waals surface area contributed by atoms with Crippen LogP contribution in [0.25, 0.3) is 0 Å². The number of hydrogen-bond acceptors (Lipinski definition) is 4. The summed E-state index contributed by atoms with van der Waals surface area (Å²) in [5, 5.41) is 0. The van der Waals surface area contributed by atoms with Gasteiger partial charge in [-0.05, 0) is 43.2 Å². The van der Waals surface area contributed by atoms with Crippen molar-refractivity contribution in [3.8, 4) is 5.75 Å². The molecule has 2 rings (SSSR count). The summed E-state index contributed by atoms with van der Waals surface area (Å²) in [5.74, 6) is 8.06. The van der Waals surface area contributed by atoms with Gasteiger partial charge in [-0.15, -0.1) is 0 Å². The Morgan fingerprint density at radius 2 is 2.26 bits per heavy atom. The number of aromatic nitrogens is 1. The van der Waals surface area contributed by atoms with Crippen LogP contribution >= 0.6 is 0 Å². The van der Waals surface area contributed by atoms with Crippen molar-refractivity contribution in [1.82, 2.24) is 10.4 Å². The third-order valence-corrected chi connectivity index (χ3v) is 4.21. The highest BCUT2D eigenvalue weighted by Crippen LogP contribution is 2.40. The minimum atomic E-state index is 0.185. The van der Waals surface area contributed by atoms with Crippen molar-refractivity contribution in [3.05, 3.63) is 24.0 Å². The lowest BCUT2D eigenvalue weighted by Crippen LogP contribution is -2.33. The molecular weight excluding hydrogens is 238 g/mol. The SMILES string of the molecule is CCOc1cncc(C(NN)C2CCC(CC)C2)c1. The normalized spacial score (nSPS) is 24.4. The second-order valence-electron chi connectivity index (χ2n) is 5.38. The number of nitrogens with two attached hydrogens (primary N) is 1. The van der Waals surface area contributed by atoms with Crippen molar-refractivity contribution in [3.63, 3.8) is 0 Å². The summed E-state index contributed by atoms with van der Waals surface area (Å²) < 4.78 is 5.52. The molecular formula is C15H25N3O. The summed E-state index contributed by atoms with van der Waals surface area (Å²) in [7, 11) is 0. The Morgan fingerprint density at radius 3 is 2.89 bits per heavy atom. The summed E-state index contributed by atoms with van der Waals surface area (Å²) >= 11 is 0. The zero-order chi connectivity index (χ0) is 13.7. The van der Waals surface area contributed by atoms with Crippen LogP contribution < -0.4 is 16.0 Å². The molecule has 0 amide bonds. The van der Waals surface area contributed by atoms with Crippen molar-refractivity contribution in [2.75, 3.05) is 6.61 Å². The van der Waals surface area contributed by atoms with E-state index in [2.05, 4.69) is 23.4 Å². The molecule has 0 aliphatic heterocycles. The first-order valence-electron chi connectivity index (χ1n) is 7.32. The number of hydrogen-bond donors (Lipinski definition) is 2. The maximum absolute atomic E-state index is 5.78. The summed E-state index contributed by atoms with van der Waals surface area (Å²) in [6, 6.07) is 2.24. The van der Waals surface area contributed by atoms with Crippen molar-refractivity contribution < 1.29 is 4.74 Å². The van der Waals surface area contributed by atoms with Gasteiger partial charge in [-0.3, -0.25) is 16.3 Å². The van der Waals surface area contributed by atoms with E-state index in [9.17, 15) is 0 Å². The molecule has 1 fully saturated rings. The Balaban J connectivity index is 2.10. The van der Waals surface area contributed by atoms with Crippen LogP contribution in [0.3, 0.4) is 0 Å². The lowest BCUT2D eigenvalue weighted by Gasteiger charge is -2.23. The van der Waals surface area contributed by atoms with Gasteiger partial charge in [0.1, 0.15) is 5.75 Å². The predicted molar refractivity (Wildman–Crippen MR) is 76.6 cm³/mol. The highest BCUT2D eigenvalue weighted by molar-refractivity contribution is 5.26. The molecule has 19 heavy (non-hydrogen) atoms. The molecule has 4 heteroatoms. The molecule has 0 aromatic carbocycles. The zero-order valence-corrected chi connectivity index (χ0v) is 11.9. The van der Waals surface area contributed by atoms with Crippen molar-refractivity contribution >= 4 is 0 Å². The average molecular weight is 263 g/mol. The smallest absolute Gasteiger partial charge is 0.137 e. The fourth-order valence-electron chi connectivity index (χ4n) is 3.14. The van der Waals surface area contributed by atoms with Crippen LogP contribution in [0.5, 0.6) is 5.75 Å². The standard InChI is InChI=1S/C15H25N3O/c1-3-11-5-6-12(7-11)15(18-16)13-8-14(19-4-2)10-17-9-13/h8-12,15,18H,3-7,16H2,1-2H3. The topological polar surface area (TPSA) is 60.2 Å². The minimum Gasteiger partial charge on any atom is -0.492 e. The Labute approximate surface area is 115 Å². The predicted octanol–water partition coefficient (Wildman–Crippen LogP) is 2.81. The van der Waals surface area contributed by atoms with Gasteiger partial charge in [0.2, 0.25) is 0 Å². The fourth-order valence-corrected chi connectivity index (χ4v) is 3.14. The molecule has 3 N–H and O–H groups in total. The lowest BCUT2D eigenvalue weighted by atomic mass is 9.91. The molecule has 1 aromatic heterocycles. The third-order valence-electron chi connectivity index (χ3n) is 4.21. The van der Waals surface area contributed by atoms with E-state index >= 15 is 0 Å². The quantitative estimate of drug-likeness (QED) is 0.612.